The summed E-state index contributed by atoms with van der Waals surface area (Å²) in [7, 11) is -3.38. The molecule has 2 rings (SSSR count). The number of nitrogens with zero attached hydrogens (tertiary/aromatic N) is 2. The second-order valence-electron chi connectivity index (χ2n) is 3.39. The molecule has 0 aliphatic carbocycles. The fourth-order valence-electron chi connectivity index (χ4n) is 1.53. The number of hydrogen-bond donors (Lipinski definition) is 1. The first-order valence-corrected chi connectivity index (χ1v) is 6.30. The number of sulfone groups is 1. The minimum absolute atomic E-state index is 0.00363. The van der Waals surface area contributed by atoms with E-state index >= 15 is 0 Å². The fourth-order valence-corrected chi connectivity index (χ4v) is 2.41. The van der Waals surface area contributed by atoms with Gasteiger partial charge in [0.2, 0.25) is 5.95 Å². The van der Waals surface area contributed by atoms with Gasteiger partial charge in [0.05, 0.1) is 18.9 Å². The van der Waals surface area contributed by atoms with Crippen molar-refractivity contribution in [2.24, 2.45) is 0 Å². The molecule has 82 valence electrons. The molecule has 0 atom stereocenters. The molecule has 0 aromatic carbocycles. The van der Waals surface area contributed by atoms with Crippen molar-refractivity contribution < 1.29 is 13.2 Å². The highest BCUT2D eigenvalue weighted by molar-refractivity contribution is 7.90. The van der Waals surface area contributed by atoms with Gasteiger partial charge in [0, 0.05) is 18.2 Å². The molecule has 1 aromatic heterocycles. The summed E-state index contributed by atoms with van der Waals surface area (Å²) in [5.74, 6) is -0.00363. The topological polar surface area (TPSA) is 95.2 Å². The first-order chi connectivity index (χ1) is 6.98. The molecular formula is C8H11N3O3S. The number of fused-ring (bicyclic) bond motifs is 1. The van der Waals surface area contributed by atoms with Crippen LogP contribution in [0.1, 0.15) is 11.3 Å². The van der Waals surface area contributed by atoms with Crippen LogP contribution in [0.5, 0.6) is 0 Å². The quantitative estimate of drug-likeness (QED) is 0.654. The Hall–Kier alpha value is -1.21. The van der Waals surface area contributed by atoms with Crippen LogP contribution in [0.2, 0.25) is 0 Å². The van der Waals surface area contributed by atoms with E-state index in [1.807, 2.05) is 0 Å². The molecule has 0 bridgehead atoms. The second kappa shape index (κ2) is 3.42. The van der Waals surface area contributed by atoms with E-state index in [4.69, 9.17) is 10.5 Å². The molecule has 1 aliphatic heterocycles. The zero-order valence-electron chi connectivity index (χ0n) is 8.23. The van der Waals surface area contributed by atoms with Gasteiger partial charge in [0.25, 0.3) is 0 Å². The summed E-state index contributed by atoms with van der Waals surface area (Å²) in [4.78, 5) is 7.77. The zero-order chi connectivity index (χ0) is 11.1. The lowest BCUT2D eigenvalue weighted by molar-refractivity contribution is 0.106. The Morgan fingerprint density at radius 2 is 2.13 bits per heavy atom. The van der Waals surface area contributed by atoms with Crippen LogP contribution in [-0.4, -0.2) is 31.2 Å². The van der Waals surface area contributed by atoms with E-state index in [0.717, 1.165) is 6.26 Å². The molecule has 7 heteroatoms. The Labute approximate surface area is 87.4 Å². The van der Waals surface area contributed by atoms with Gasteiger partial charge in [-0.15, -0.1) is 0 Å². The first kappa shape index (κ1) is 10.3. The average molecular weight is 229 g/mol. The second-order valence-corrected chi connectivity index (χ2v) is 5.32. The summed E-state index contributed by atoms with van der Waals surface area (Å²) >= 11 is 0. The third-order valence-electron chi connectivity index (χ3n) is 2.15. The summed E-state index contributed by atoms with van der Waals surface area (Å²) < 4.78 is 28.1. The van der Waals surface area contributed by atoms with Crippen LogP contribution >= 0.6 is 0 Å². The molecule has 2 heterocycles. The van der Waals surface area contributed by atoms with Crippen molar-refractivity contribution in [2.75, 3.05) is 18.6 Å². The highest BCUT2D eigenvalue weighted by atomic mass is 32.2. The van der Waals surface area contributed by atoms with Crippen LogP contribution in [0, 0.1) is 0 Å². The number of hydrogen-bond acceptors (Lipinski definition) is 6. The normalized spacial score (nSPS) is 16.1. The van der Waals surface area contributed by atoms with Gasteiger partial charge in [-0.2, -0.15) is 0 Å². The molecule has 1 aromatic rings. The van der Waals surface area contributed by atoms with E-state index in [1.54, 1.807) is 0 Å². The van der Waals surface area contributed by atoms with Crippen LogP contribution in [-0.2, 0) is 27.6 Å². The molecule has 0 saturated heterocycles. The van der Waals surface area contributed by atoms with Crippen molar-refractivity contribution in [3.05, 3.63) is 11.3 Å². The lowest BCUT2D eigenvalue weighted by Gasteiger charge is -2.17. The lowest BCUT2D eigenvalue weighted by Crippen LogP contribution is -2.19. The Morgan fingerprint density at radius 1 is 1.40 bits per heavy atom. The maximum atomic E-state index is 11.5. The molecular weight excluding hydrogens is 218 g/mol. The predicted octanol–water partition coefficient (Wildman–Crippen LogP) is -0.465. The average Bonchev–Trinajstić information content (AvgIpc) is 2.15. The van der Waals surface area contributed by atoms with E-state index in [-0.39, 0.29) is 17.6 Å². The summed E-state index contributed by atoms with van der Waals surface area (Å²) in [6.45, 7) is 0.769. The van der Waals surface area contributed by atoms with Gasteiger partial charge in [-0.25, -0.2) is 18.4 Å². The Morgan fingerprint density at radius 3 is 2.80 bits per heavy atom. The minimum atomic E-state index is -3.38. The van der Waals surface area contributed by atoms with E-state index < -0.39 is 9.84 Å². The minimum Gasteiger partial charge on any atom is -0.376 e. The number of nitrogen functional groups attached to an aromatic ring is 1. The Bertz CT molecular complexity index is 498. The van der Waals surface area contributed by atoms with Gasteiger partial charge in [0.1, 0.15) is 0 Å². The van der Waals surface area contributed by atoms with Gasteiger partial charge >= 0.3 is 0 Å². The standard InChI is InChI=1S/C8H11N3O3S/c1-15(12,13)7-5-4-14-3-2-6(5)10-8(9)11-7/h2-4H2,1H3,(H2,9,10,11). The predicted molar refractivity (Wildman–Crippen MR) is 52.9 cm³/mol. The number of rotatable bonds is 1. The van der Waals surface area contributed by atoms with Gasteiger partial charge < -0.3 is 10.5 Å². The molecule has 2 N–H and O–H groups in total. The summed E-state index contributed by atoms with van der Waals surface area (Å²) in [5, 5.41) is -0.00954. The van der Waals surface area contributed by atoms with Crippen molar-refractivity contribution in [3.63, 3.8) is 0 Å². The van der Waals surface area contributed by atoms with Gasteiger partial charge in [-0.3, -0.25) is 0 Å². The maximum Gasteiger partial charge on any atom is 0.221 e. The van der Waals surface area contributed by atoms with Crippen LogP contribution in [0.4, 0.5) is 5.95 Å². The SMILES string of the molecule is CS(=O)(=O)c1nc(N)nc2c1COCC2. The van der Waals surface area contributed by atoms with E-state index in [9.17, 15) is 8.42 Å². The van der Waals surface area contributed by atoms with Crippen molar-refractivity contribution in [1.82, 2.24) is 9.97 Å². The molecule has 0 saturated carbocycles. The molecule has 0 spiro atoms. The third kappa shape index (κ3) is 1.93. The van der Waals surface area contributed by atoms with Crippen LogP contribution in [0.15, 0.2) is 5.03 Å². The van der Waals surface area contributed by atoms with E-state index in [1.165, 1.54) is 0 Å². The number of ether oxygens (including phenoxy) is 1. The molecule has 0 unspecified atom stereocenters. The van der Waals surface area contributed by atoms with Crippen molar-refractivity contribution in [3.8, 4) is 0 Å². The highest BCUT2D eigenvalue weighted by Crippen LogP contribution is 2.22. The van der Waals surface area contributed by atoms with Crippen LogP contribution in [0.3, 0.4) is 0 Å². The number of aromatic nitrogens is 2. The van der Waals surface area contributed by atoms with Crippen molar-refractivity contribution in [2.45, 2.75) is 18.1 Å². The number of anilines is 1. The van der Waals surface area contributed by atoms with Crippen LogP contribution in [0.25, 0.3) is 0 Å². The Balaban J connectivity index is 2.68. The van der Waals surface area contributed by atoms with E-state index in [0.29, 0.717) is 24.3 Å². The Kier molecular flexibility index (Phi) is 2.35. The largest absolute Gasteiger partial charge is 0.376 e. The lowest BCUT2D eigenvalue weighted by atomic mass is 10.1. The van der Waals surface area contributed by atoms with Gasteiger partial charge in [0.15, 0.2) is 14.9 Å². The number of nitrogens with two attached hydrogens (primary N) is 1. The van der Waals surface area contributed by atoms with Crippen LogP contribution < -0.4 is 5.73 Å². The monoisotopic (exact) mass is 229 g/mol. The molecule has 15 heavy (non-hydrogen) atoms. The molecule has 0 amide bonds. The van der Waals surface area contributed by atoms with Crippen molar-refractivity contribution >= 4 is 15.8 Å². The maximum absolute atomic E-state index is 11.5. The van der Waals surface area contributed by atoms with Crippen molar-refractivity contribution in [1.29, 1.82) is 0 Å². The van der Waals surface area contributed by atoms with Gasteiger partial charge in [-0.05, 0) is 0 Å². The van der Waals surface area contributed by atoms with Gasteiger partial charge in [-0.1, -0.05) is 0 Å². The molecule has 1 aliphatic rings. The summed E-state index contributed by atoms with van der Waals surface area (Å²) in [6.07, 6.45) is 1.67. The first-order valence-electron chi connectivity index (χ1n) is 4.41. The smallest absolute Gasteiger partial charge is 0.221 e. The fraction of sp³-hybridized carbons (Fsp3) is 0.500. The molecule has 6 nitrogen and oxygen atoms in total. The summed E-state index contributed by atoms with van der Waals surface area (Å²) in [5.41, 5.74) is 6.67. The molecule has 0 radical (unpaired) electrons. The third-order valence-corrected chi connectivity index (χ3v) is 3.19. The van der Waals surface area contributed by atoms with E-state index in [2.05, 4.69) is 9.97 Å². The highest BCUT2D eigenvalue weighted by Gasteiger charge is 2.23. The summed E-state index contributed by atoms with van der Waals surface area (Å²) in [6, 6.07) is 0. The zero-order valence-corrected chi connectivity index (χ0v) is 9.04. The molecule has 0 fully saturated rings.